The Morgan fingerprint density at radius 2 is 1.81 bits per heavy atom. The summed E-state index contributed by atoms with van der Waals surface area (Å²) in [6.07, 6.45) is 1.14. The molecule has 0 bridgehead atoms. The molecule has 2 aromatic rings. The molecular weight excluding hydrogens is 424 g/mol. The number of carbonyl (C=O) groups excluding carboxylic acids is 1. The molecule has 1 aliphatic rings. The molecule has 2 heterocycles. The number of hydrogen-bond acceptors (Lipinski definition) is 7. The molecule has 0 radical (unpaired) electrons. The number of aromatic nitrogens is 3. The Bertz CT molecular complexity index is 1070. The topological polar surface area (TPSA) is 113 Å². The lowest BCUT2D eigenvalue weighted by atomic mass is 9.97. The van der Waals surface area contributed by atoms with Gasteiger partial charge in [0.05, 0.1) is 30.7 Å². The molecule has 0 unspecified atom stereocenters. The summed E-state index contributed by atoms with van der Waals surface area (Å²) in [7, 11) is -0.832. The first-order valence-electron chi connectivity index (χ1n) is 10.2. The molecule has 0 spiro atoms. The average Bonchev–Trinajstić information content (AvgIpc) is 3.12. The van der Waals surface area contributed by atoms with Gasteiger partial charge in [0.15, 0.2) is 0 Å². The zero-order chi connectivity index (χ0) is 22.6. The molecule has 1 aliphatic heterocycles. The van der Waals surface area contributed by atoms with Crippen LogP contribution >= 0.6 is 0 Å². The van der Waals surface area contributed by atoms with Crippen LogP contribution in [0, 0.1) is 0 Å². The molecule has 1 saturated heterocycles. The van der Waals surface area contributed by atoms with E-state index in [4.69, 9.17) is 4.74 Å². The summed E-state index contributed by atoms with van der Waals surface area (Å²) in [6.45, 7) is 3.83. The van der Waals surface area contributed by atoms with E-state index < -0.39 is 16.0 Å². The quantitative estimate of drug-likeness (QED) is 0.551. The highest BCUT2D eigenvalue weighted by atomic mass is 32.2. The Labute approximate surface area is 181 Å². The van der Waals surface area contributed by atoms with Gasteiger partial charge in [-0.25, -0.2) is 22.7 Å². The van der Waals surface area contributed by atoms with E-state index in [9.17, 15) is 18.0 Å². The van der Waals surface area contributed by atoms with Crippen LogP contribution in [0.3, 0.4) is 0 Å². The first kappa shape index (κ1) is 23.2. The minimum Gasteiger partial charge on any atom is -0.465 e. The summed E-state index contributed by atoms with van der Waals surface area (Å²) >= 11 is 0. The highest BCUT2D eigenvalue weighted by Crippen LogP contribution is 2.29. The summed E-state index contributed by atoms with van der Waals surface area (Å²) in [5.74, 6) is 0.185. The number of esters is 1. The maximum Gasteiger partial charge on any atom is 0.345 e. The highest BCUT2D eigenvalue weighted by Gasteiger charge is 2.32. The van der Waals surface area contributed by atoms with Crippen LogP contribution in [0.5, 0.6) is 0 Å². The molecule has 1 fully saturated rings. The molecule has 1 aromatic carbocycles. The van der Waals surface area contributed by atoms with Crippen molar-refractivity contribution in [1.82, 2.24) is 18.7 Å². The summed E-state index contributed by atoms with van der Waals surface area (Å²) < 4.78 is 40.2. The van der Waals surface area contributed by atoms with E-state index in [1.807, 2.05) is 6.92 Å². The van der Waals surface area contributed by atoms with Crippen molar-refractivity contribution >= 4 is 16.0 Å². The van der Waals surface area contributed by atoms with Crippen molar-refractivity contribution < 1.29 is 22.7 Å². The number of nitrogens with zero attached hydrogens (tertiary/aromatic N) is 4. The van der Waals surface area contributed by atoms with Crippen LogP contribution < -0.4 is 5.69 Å². The van der Waals surface area contributed by atoms with Crippen molar-refractivity contribution in [2.75, 3.05) is 33.9 Å². The van der Waals surface area contributed by atoms with Crippen LogP contribution in [-0.2, 0) is 32.6 Å². The van der Waals surface area contributed by atoms with E-state index in [2.05, 4.69) is 9.84 Å². The van der Waals surface area contributed by atoms with Crippen LogP contribution in [0.25, 0.3) is 0 Å². The van der Waals surface area contributed by atoms with Gasteiger partial charge in [-0.1, -0.05) is 0 Å². The minimum atomic E-state index is -3.68. The van der Waals surface area contributed by atoms with Crippen LogP contribution in [0.2, 0.25) is 0 Å². The molecule has 0 atom stereocenters. The lowest BCUT2D eigenvalue weighted by Gasteiger charge is -2.30. The van der Waals surface area contributed by atoms with Crippen molar-refractivity contribution in [3.8, 4) is 0 Å². The minimum absolute atomic E-state index is 0.00425. The lowest BCUT2D eigenvalue weighted by Crippen LogP contribution is -2.38. The Morgan fingerprint density at radius 3 is 2.35 bits per heavy atom. The van der Waals surface area contributed by atoms with E-state index >= 15 is 0 Å². The normalized spacial score (nSPS) is 15.8. The van der Waals surface area contributed by atoms with Crippen molar-refractivity contribution in [2.45, 2.75) is 43.7 Å². The highest BCUT2D eigenvalue weighted by molar-refractivity contribution is 7.89. The Hall–Kier alpha value is -2.50. The first-order valence-corrected chi connectivity index (χ1v) is 11.6. The maximum absolute atomic E-state index is 13.0. The Kier molecular flexibility index (Phi) is 7.29. The second-order valence-electron chi connectivity index (χ2n) is 7.30. The number of rotatable bonds is 8. The molecule has 170 valence electrons. The van der Waals surface area contributed by atoms with Gasteiger partial charge in [0.2, 0.25) is 10.0 Å². The average molecular weight is 453 g/mol. The van der Waals surface area contributed by atoms with Crippen LogP contribution in [0.4, 0.5) is 0 Å². The summed E-state index contributed by atoms with van der Waals surface area (Å²) in [4.78, 5) is 24.2. The molecule has 11 heteroatoms. The largest absolute Gasteiger partial charge is 0.465 e. The van der Waals surface area contributed by atoms with E-state index in [0.29, 0.717) is 57.0 Å². The number of piperidine rings is 1. The fourth-order valence-corrected chi connectivity index (χ4v) is 5.23. The third-order valence-corrected chi connectivity index (χ3v) is 7.42. The Balaban J connectivity index is 1.73. The predicted octanol–water partition coefficient (Wildman–Crippen LogP) is 1.07. The van der Waals surface area contributed by atoms with Gasteiger partial charge in [0.25, 0.3) is 0 Å². The van der Waals surface area contributed by atoms with Crippen LogP contribution in [-0.4, -0.2) is 67.0 Å². The van der Waals surface area contributed by atoms with Crippen LogP contribution in [0.1, 0.15) is 41.9 Å². The van der Waals surface area contributed by atoms with Gasteiger partial charge < -0.3 is 9.47 Å². The maximum atomic E-state index is 13.0. The van der Waals surface area contributed by atoms with Gasteiger partial charge in [-0.05, 0) is 44.0 Å². The van der Waals surface area contributed by atoms with E-state index in [1.165, 1.54) is 40.4 Å². The van der Waals surface area contributed by atoms with Gasteiger partial charge in [0.1, 0.15) is 5.82 Å². The zero-order valence-electron chi connectivity index (χ0n) is 18.0. The van der Waals surface area contributed by atoms with Gasteiger partial charge >= 0.3 is 11.7 Å². The van der Waals surface area contributed by atoms with Crippen molar-refractivity contribution in [2.24, 2.45) is 0 Å². The summed E-state index contributed by atoms with van der Waals surface area (Å²) in [5, 5.41) is 4.50. The van der Waals surface area contributed by atoms with E-state index in [-0.39, 0.29) is 16.5 Å². The van der Waals surface area contributed by atoms with Crippen LogP contribution in [0.15, 0.2) is 34.0 Å². The lowest BCUT2D eigenvalue weighted by molar-refractivity contribution is 0.0600. The predicted molar refractivity (Wildman–Crippen MR) is 113 cm³/mol. The number of sulfonamides is 1. The van der Waals surface area contributed by atoms with Crippen molar-refractivity contribution in [3.63, 3.8) is 0 Å². The second kappa shape index (κ2) is 9.75. The number of benzene rings is 1. The first-order chi connectivity index (χ1) is 14.8. The monoisotopic (exact) mass is 452 g/mol. The molecule has 0 saturated carbocycles. The molecule has 31 heavy (non-hydrogen) atoms. The third-order valence-electron chi connectivity index (χ3n) is 5.51. The molecule has 0 aliphatic carbocycles. The summed E-state index contributed by atoms with van der Waals surface area (Å²) in [6, 6.07) is 5.72. The molecule has 3 rings (SSSR count). The smallest absolute Gasteiger partial charge is 0.345 e. The number of methoxy groups -OCH3 is 2. The van der Waals surface area contributed by atoms with Crippen molar-refractivity contribution in [1.29, 1.82) is 0 Å². The molecule has 1 aromatic heterocycles. The van der Waals surface area contributed by atoms with Gasteiger partial charge in [0, 0.05) is 32.7 Å². The standard InChI is InChI=1S/C20H28N4O6S/c1-4-23-18(21-24(20(23)26)13-14-29-2)15-9-11-22(12-10-15)31(27,28)17-7-5-16(6-8-17)19(25)30-3/h5-8,15H,4,9-14H2,1-3H3. The molecule has 10 nitrogen and oxygen atoms in total. The summed E-state index contributed by atoms with van der Waals surface area (Å²) in [5.41, 5.74) is 0.122. The fraction of sp³-hybridized carbons (Fsp3) is 0.550. The van der Waals surface area contributed by atoms with E-state index in [0.717, 1.165) is 0 Å². The third kappa shape index (κ3) is 4.73. The number of ether oxygens (including phenoxy) is 2. The molecule has 0 amide bonds. The number of carbonyl (C=O) groups is 1. The van der Waals surface area contributed by atoms with Gasteiger partial charge in [-0.15, -0.1) is 0 Å². The second-order valence-corrected chi connectivity index (χ2v) is 9.23. The van der Waals surface area contributed by atoms with Crippen molar-refractivity contribution in [3.05, 3.63) is 46.1 Å². The fourth-order valence-electron chi connectivity index (χ4n) is 3.76. The van der Waals surface area contributed by atoms with Gasteiger partial charge in [-0.2, -0.15) is 9.40 Å². The Morgan fingerprint density at radius 1 is 1.16 bits per heavy atom. The SMILES string of the molecule is CCn1c(C2CCN(S(=O)(=O)c3ccc(C(=O)OC)cc3)CC2)nn(CCOC)c1=O. The van der Waals surface area contributed by atoms with E-state index in [1.54, 1.807) is 11.7 Å². The number of hydrogen-bond donors (Lipinski definition) is 0. The molecule has 0 N–H and O–H groups in total. The molecular formula is C20H28N4O6S. The zero-order valence-corrected chi connectivity index (χ0v) is 18.8. The van der Waals surface area contributed by atoms with Gasteiger partial charge in [-0.3, -0.25) is 4.57 Å².